The fourth-order valence-corrected chi connectivity index (χ4v) is 5.59. The van der Waals surface area contributed by atoms with Gasteiger partial charge in [-0.3, -0.25) is 4.79 Å². The van der Waals surface area contributed by atoms with Crippen LogP contribution in [0.5, 0.6) is 0 Å². The van der Waals surface area contributed by atoms with Crippen LogP contribution in [0.3, 0.4) is 0 Å². The predicted octanol–water partition coefficient (Wildman–Crippen LogP) is 5.19. The molecule has 3 aromatic rings. The summed E-state index contributed by atoms with van der Waals surface area (Å²) in [6, 6.07) is 17.7. The first-order chi connectivity index (χ1) is 14.4. The summed E-state index contributed by atoms with van der Waals surface area (Å²) in [5.74, 6) is -0.735. The first kappa shape index (κ1) is 21.1. The molecular formula is C22H20Cl2N2O3S. The Morgan fingerprint density at radius 2 is 1.77 bits per heavy atom. The lowest BCUT2D eigenvalue weighted by Crippen LogP contribution is -2.43. The van der Waals surface area contributed by atoms with Gasteiger partial charge in [-0.05, 0) is 47.9 Å². The van der Waals surface area contributed by atoms with E-state index in [2.05, 4.69) is 5.32 Å². The number of amides is 1. The Bertz CT molecular complexity index is 1210. The monoisotopic (exact) mass is 462 g/mol. The average molecular weight is 463 g/mol. The van der Waals surface area contributed by atoms with E-state index in [0.717, 1.165) is 10.8 Å². The molecule has 30 heavy (non-hydrogen) atoms. The minimum Gasteiger partial charge on any atom is -0.324 e. The molecule has 8 heteroatoms. The van der Waals surface area contributed by atoms with E-state index in [1.807, 2.05) is 24.3 Å². The zero-order valence-electron chi connectivity index (χ0n) is 16.0. The van der Waals surface area contributed by atoms with Gasteiger partial charge in [0.05, 0.1) is 26.5 Å². The normalized spacial score (nSPS) is 17.7. The van der Waals surface area contributed by atoms with Gasteiger partial charge in [0.2, 0.25) is 15.9 Å². The van der Waals surface area contributed by atoms with Crippen molar-refractivity contribution in [3.8, 4) is 0 Å². The third-order valence-electron chi connectivity index (χ3n) is 5.32. The highest BCUT2D eigenvalue weighted by atomic mass is 35.5. The van der Waals surface area contributed by atoms with E-state index >= 15 is 0 Å². The maximum atomic E-state index is 13.2. The number of hydrogen-bond acceptors (Lipinski definition) is 3. The van der Waals surface area contributed by atoms with Crippen molar-refractivity contribution in [1.82, 2.24) is 4.31 Å². The molecule has 0 unspecified atom stereocenters. The number of carbonyl (C=O) groups is 1. The third-order valence-corrected chi connectivity index (χ3v) is 8.00. The summed E-state index contributed by atoms with van der Waals surface area (Å²) in [5, 5.41) is 5.23. The van der Waals surface area contributed by atoms with E-state index in [-0.39, 0.29) is 22.4 Å². The molecule has 0 aromatic heterocycles. The predicted molar refractivity (Wildman–Crippen MR) is 121 cm³/mol. The maximum absolute atomic E-state index is 13.2. The van der Waals surface area contributed by atoms with Crippen LogP contribution in [0.25, 0.3) is 10.8 Å². The highest BCUT2D eigenvalue weighted by Gasteiger charge is 2.33. The van der Waals surface area contributed by atoms with Crippen LogP contribution in [-0.2, 0) is 14.8 Å². The average Bonchev–Trinajstić information content (AvgIpc) is 2.76. The number of carbonyl (C=O) groups excluding carboxylic acids is 1. The van der Waals surface area contributed by atoms with Gasteiger partial charge < -0.3 is 5.32 Å². The fraction of sp³-hybridized carbons (Fsp3) is 0.227. The number of halogens is 2. The molecular weight excluding hydrogens is 443 g/mol. The number of benzene rings is 3. The van der Waals surface area contributed by atoms with E-state index in [9.17, 15) is 13.2 Å². The number of nitrogens with one attached hydrogen (secondary N) is 1. The molecule has 0 saturated carbocycles. The summed E-state index contributed by atoms with van der Waals surface area (Å²) < 4.78 is 27.8. The zero-order chi connectivity index (χ0) is 21.3. The summed E-state index contributed by atoms with van der Waals surface area (Å²) in [7, 11) is -3.70. The number of sulfonamides is 1. The molecule has 156 valence electrons. The standard InChI is InChI=1S/C22H20Cl2N2O3S/c23-19-8-3-9-20(21(19)24)25-22(27)17-7-4-12-26(14-17)30(28,29)18-11-10-15-5-1-2-6-16(15)13-18/h1-3,5-6,8-11,13,17H,4,7,12,14H2,(H,25,27)/t17-/m0/s1. The highest BCUT2D eigenvalue weighted by molar-refractivity contribution is 7.89. The molecule has 5 nitrogen and oxygen atoms in total. The van der Waals surface area contributed by atoms with Crippen LogP contribution in [0.1, 0.15) is 12.8 Å². The van der Waals surface area contributed by atoms with Gasteiger partial charge in [0, 0.05) is 13.1 Å². The molecule has 1 amide bonds. The molecule has 0 radical (unpaired) electrons. The van der Waals surface area contributed by atoms with Gasteiger partial charge >= 0.3 is 0 Å². The van der Waals surface area contributed by atoms with Crippen LogP contribution < -0.4 is 5.32 Å². The quantitative estimate of drug-likeness (QED) is 0.580. The lowest BCUT2D eigenvalue weighted by molar-refractivity contribution is -0.120. The van der Waals surface area contributed by atoms with E-state index in [1.165, 1.54) is 4.31 Å². The number of nitrogens with zero attached hydrogens (tertiary/aromatic N) is 1. The molecule has 0 bridgehead atoms. The van der Waals surface area contributed by atoms with Gasteiger partial charge in [-0.25, -0.2) is 8.42 Å². The van der Waals surface area contributed by atoms with Crippen molar-refractivity contribution >= 4 is 55.6 Å². The molecule has 1 atom stereocenters. The van der Waals surface area contributed by atoms with Crippen molar-refractivity contribution in [2.75, 3.05) is 18.4 Å². The molecule has 4 rings (SSSR count). The zero-order valence-corrected chi connectivity index (χ0v) is 18.3. The Kier molecular flexibility index (Phi) is 6.02. The van der Waals surface area contributed by atoms with Gasteiger partial charge in [-0.1, -0.05) is 59.6 Å². The molecule has 1 N–H and O–H groups in total. The molecule has 1 aliphatic rings. The molecule has 0 aliphatic carbocycles. The minimum atomic E-state index is -3.70. The first-order valence-electron chi connectivity index (χ1n) is 9.60. The molecule has 1 fully saturated rings. The SMILES string of the molecule is O=C(Nc1cccc(Cl)c1Cl)[C@H]1CCCN(S(=O)(=O)c2ccc3ccccc3c2)C1. The van der Waals surface area contributed by atoms with E-state index in [1.54, 1.807) is 36.4 Å². The van der Waals surface area contributed by atoms with Crippen molar-refractivity contribution < 1.29 is 13.2 Å². The van der Waals surface area contributed by atoms with Gasteiger partial charge in [-0.15, -0.1) is 0 Å². The van der Waals surface area contributed by atoms with Crippen molar-refractivity contribution in [3.05, 3.63) is 70.7 Å². The number of fused-ring (bicyclic) bond motifs is 1. The van der Waals surface area contributed by atoms with Crippen molar-refractivity contribution in [2.24, 2.45) is 5.92 Å². The summed E-state index contributed by atoms with van der Waals surface area (Å²) in [4.78, 5) is 13.0. The largest absolute Gasteiger partial charge is 0.324 e. The van der Waals surface area contributed by atoms with Crippen LogP contribution in [-0.4, -0.2) is 31.7 Å². The summed E-state index contributed by atoms with van der Waals surface area (Å²) in [6.07, 6.45) is 1.21. The number of hydrogen-bond donors (Lipinski definition) is 1. The molecule has 0 spiro atoms. The van der Waals surface area contributed by atoms with Gasteiger partial charge in [0.25, 0.3) is 0 Å². The van der Waals surface area contributed by atoms with Crippen LogP contribution in [0.4, 0.5) is 5.69 Å². The van der Waals surface area contributed by atoms with E-state index < -0.39 is 15.9 Å². The summed E-state index contributed by atoms with van der Waals surface area (Å²) >= 11 is 12.2. The maximum Gasteiger partial charge on any atom is 0.243 e. The lowest BCUT2D eigenvalue weighted by atomic mass is 9.99. The fourth-order valence-electron chi connectivity index (χ4n) is 3.69. The van der Waals surface area contributed by atoms with Crippen LogP contribution in [0.2, 0.25) is 10.0 Å². The second-order valence-electron chi connectivity index (χ2n) is 7.30. The van der Waals surface area contributed by atoms with Crippen LogP contribution in [0, 0.1) is 5.92 Å². The van der Waals surface area contributed by atoms with Gasteiger partial charge in [0.15, 0.2) is 0 Å². The summed E-state index contributed by atoms with van der Waals surface area (Å²) in [5.41, 5.74) is 0.420. The molecule has 3 aromatic carbocycles. The van der Waals surface area contributed by atoms with Gasteiger partial charge in [0.1, 0.15) is 0 Å². The number of rotatable bonds is 4. The third kappa shape index (κ3) is 4.18. The van der Waals surface area contributed by atoms with Crippen LogP contribution in [0.15, 0.2) is 65.6 Å². The number of anilines is 1. The van der Waals surface area contributed by atoms with Crippen LogP contribution >= 0.6 is 23.2 Å². The number of piperidine rings is 1. The molecule has 1 aliphatic heterocycles. The van der Waals surface area contributed by atoms with E-state index in [0.29, 0.717) is 30.1 Å². The Balaban J connectivity index is 1.53. The summed E-state index contributed by atoms with van der Waals surface area (Å²) in [6.45, 7) is 0.510. The molecule has 1 saturated heterocycles. The van der Waals surface area contributed by atoms with E-state index in [4.69, 9.17) is 23.2 Å². The second-order valence-corrected chi connectivity index (χ2v) is 10.0. The minimum absolute atomic E-state index is 0.124. The Hall–Kier alpha value is -2.12. The second kappa shape index (κ2) is 8.55. The Morgan fingerprint density at radius 1 is 1.00 bits per heavy atom. The molecule has 1 heterocycles. The topological polar surface area (TPSA) is 66.5 Å². The van der Waals surface area contributed by atoms with Crippen molar-refractivity contribution in [2.45, 2.75) is 17.7 Å². The Labute approximate surface area is 185 Å². The van der Waals surface area contributed by atoms with Crippen molar-refractivity contribution in [3.63, 3.8) is 0 Å². The van der Waals surface area contributed by atoms with Crippen molar-refractivity contribution in [1.29, 1.82) is 0 Å². The van der Waals surface area contributed by atoms with Gasteiger partial charge in [-0.2, -0.15) is 4.31 Å². The highest BCUT2D eigenvalue weighted by Crippen LogP contribution is 2.31. The smallest absolute Gasteiger partial charge is 0.243 e. The Morgan fingerprint density at radius 3 is 2.57 bits per heavy atom. The lowest BCUT2D eigenvalue weighted by Gasteiger charge is -2.31. The first-order valence-corrected chi connectivity index (χ1v) is 11.8.